The Balaban J connectivity index is 2.10. The predicted octanol–water partition coefficient (Wildman–Crippen LogP) is 2.04. The maximum absolute atomic E-state index is 11.3. The summed E-state index contributed by atoms with van der Waals surface area (Å²) >= 11 is 0. The van der Waals surface area contributed by atoms with Gasteiger partial charge in [-0.1, -0.05) is 18.2 Å². The summed E-state index contributed by atoms with van der Waals surface area (Å²) < 4.78 is 5.13. The van der Waals surface area contributed by atoms with Gasteiger partial charge in [-0.2, -0.15) is 0 Å². The van der Waals surface area contributed by atoms with E-state index in [9.17, 15) is 4.79 Å². The Labute approximate surface area is 102 Å². The van der Waals surface area contributed by atoms with Gasteiger partial charge in [0.25, 0.3) is 0 Å². The summed E-state index contributed by atoms with van der Waals surface area (Å²) in [7, 11) is 1.72. The molecular formula is C14H19NO2. The van der Waals surface area contributed by atoms with Crippen molar-refractivity contribution in [3.8, 4) is 0 Å². The van der Waals surface area contributed by atoms with E-state index in [2.05, 4.69) is 29.2 Å². The number of hydrogen-bond acceptors (Lipinski definition) is 3. The van der Waals surface area contributed by atoms with Gasteiger partial charge in [-0.15, -0.1) is 0 Å². The molecule has 0 aliphatic carbocycles. The summed E-state index contributed by atoms with van der Waals surface area (Å²) in [5, 5.41) is 0. The number of benzene rings is 1. The number of Topliss-reactive ketones (excluding diaryl/α,β-unsaturated/α-hetero) is 1. The Hall–Kier alpha value is -1.35. The molecule has 1 heterocycles. The molecule has 17 heavy (non-hydrogen) atoms. The average Bonchev–Trinajstić information content (AvgIpc) is 2.38. The standard InChI is InChI=1S/C14H19NO2/c1-17-11-8-12-4-2-3-5-14(12)15-9-6-13(16)7-10-15/h2-5H,6-11H2,1H3. The highest BCUT2D eigenvalue weighted by Crippen LogP contribution is 2.23. The SMILES string of the molecule is COCCc1ccccc1N1CCC(=O)CC1. The second kappa shape index (κ2) is 5.82. The molecule has 0 spiro atoms. The van der Waals surface area contributed by atoms with E-state index in [0.29, 0.717) is 18.6 Å². The molecule has 1 saturated heterocycles. The largest absolute Gasteiger partial charge is 0.384 e. The van der Waals surface area contributed by atoms with Gasteiger partial charge in [0, 0.05) is 38.7 Å². The van der Waals surface area contributed by atoms with Crippen molar-refractivity contribution in [3.05, 3.63) is 29.8 Å². The van der Waals surface area contributed by atoms with E-state index in [0.717, 1.165) is 26.1 Å². The van der Waals surface area contributed by atoms with Gasteiger partial charge in [0.15, 0.2) is 0 Å². The molecule has 0 N–H and O–H groups in total. The number of para-hydroxylation sites is 1. The first kappa shape index (κ1) is 12.1. The van der Waals surface area contributed by atoms with E-state index in [1.54, 1.807) is 7.11 Å². The number of ketones is 1. The zero-order valence-corrected chi connectivity index (χ0v) is 10.3. The summed E-state index contributed by atoms with van der Waals surface area (Å²) in [6.07, 6.45) is 2.29. The Morgan fingerprint density at radius 2 is 1.94 bits per heavy atom. The third-order valence-corrected chi connectivity index (χ3v) is 3.23. The minimum atomic E-state index is 0.385. The van der Waals surface area contributed by atoms with Gasteiger partial charge >= 0.3 is 0 Å². The molecular weight excluding hydrogens is 214 g/mol. The zero-order valence-electron chi connectivity index (χ0n) is 10.3. The summed E-state index contributed by atoms with van der Waals surface area (Å²) in [5.41, 5.74) is 2.57. The lowest BCUT2D eigenvalue weighted by Gasteiger charge is -2.30. The van der Waals surface area contributed by atoms with Crippen LogP contribution >= 0.6 is 0 Å². The summed E-state index contributed by atoms with van der Waals surface area (Å²) in [5.74, 6) is 0.385. The second-order valence-electron chi connectivity index (χ2n) is 4.40. The Kier molecular flexibility index (Phi) is 4.15. The molecule has 1 aliphatic heterocycles. The molecule has 0 bridgehead atoms. The van der Waals surface area contributed by atoms with E-state index in [4.69, 9.17) is 4.74 Å². The van der Waals surface area contributed by atoms with Crippen LogP contribution in [0.5, 0.6) is 0 Å². The fraction of sp³-hybridized carbons (Fsp3) is 0.500. The van der Waals surface area contributed by atoms with Gasteiger partial charge in [-0.25, -0.2) is 0 Å². The van der Waals surface area contributed by atoms with Crippen molar-refractivity contribution >= 4 is 11.5 Å². The number of anilines is 1. The van der Waals surface area contributed by atoms with Crippen LogP contribution in [0.3, 0.4) is 0 Å². The quantitative estimate of drug-likeness (QED) is 0.797. The molecule has 1 aromatic rings. The lowest BCUT2D eigenvalue weighted by atomic mass is 10.0. The number of ether oxygens (including phenoxy) is 1. The number of hydrogen-bond donors (Lipinski definition) is 0. The number of carbonyl (C=O) groups is 1. The van der Waals surface area contributed by atoms with Crippen molar-refractivity contribution in [1.29, 1.82) is 0 Å². The van der Waals surface area contributed by atoms with Crippen LogP contribution in [-0.2, 0) is 16.0 Å². The minimum absolute atomic E-state index is 0.385. The van der Waals surface area contributed by atoms with Crippen molar-refractivity contribution in [1.82, 2.24) is 0 Å². The van der Waals surface area contributed by atoms with Crippen LogP contribution in [0.1, 0.15) is 18.4 Å². The fourth-order valence-corrected chi connectivity index (χ4v) is 2.24. The first-order chi connectivity index (χ1) is 8.31. The van der Waals surface area contributed by atoms with Crippen LogP contribution in [0.25, 0.3) is 0 Å². The third kappa shape index (κ3) is 3.07. The summed E-state index contributed by atoms with van der Waals surface area (Å²) in [6.45, 7) is 2.44. The van der Waals surface area contributed by atoms with Crippen LogP contribution in [-0.4, -0.2) is 32.6 Å². The smallest absolute Gasteiger partial charge is 0.136 e. The van der Waals surface area contributed by atoms with Crippen LogP contribution in [0.2, 0.25) is 0 Å². The topological polar surface area (TPSA) is 29.5 Å². The molecule has 2 rings (SSSR count). The van der Waals surface area contributed by atoms with Gasteiger partial charge in [-0.3, -0.25) is 4.79 Å². The van der Waals surface area contributed by atoms with Gasteiger partial charge < -0.3 is 9.64 Å². The highest BCUT2D eigenvalue weighted by atomic mass is 16.5. The van der Waals surface area contributed by atoms with E-state index < -0.39 is 0 Å². The molecule has 92 valence electrons. The molecule has 3 heteroatoms. The number of carbonyl (C=O) groups excluding carboxylic acids is 1. The maximum atomic E-state index is 11.3. The van der Waals surface area contributed by atoms with Crippen LogP contribution < -0.4 is 4.90 Å². The number of nitrogens with zero attached hydrogens (tertiary/aromatic N) is 1. The van der Waals surface area contributed by atoms with E-state index in [-0.39, 0.29) is 0 Å². The molecule has 0 amide bonds. The monoisotopic (exact) mass is 233 g/mol. The zero-order chi connectivity index (χ0) is 12.1. The highest BCUT2D eigenvalue weighted by Gasteiger charge is 2.18. The van der Waals surface area contributed by atoms with Crippen molar-refractivity contribution in [2.75, 3.05) is 31.7 Å². The highest BCUT2D eigenvalue weighted by molar-refractivity contribution is 5.81. The van der Waals surface area contributed by atoms with Crippen LogP contribution in [0.15, 0.2) is 24.3 Å². The minimum Gasteiger partial charge on any atom is -0.384 e. The fourth-order valence-electron chi connectivity index (χ4n) is 2.24. The Morgan fingerprint density at radius 1 is 1.24 bits per heavy atom. The van der Waals surface area contributed by atoms with Gasteiger partial charge in [0.05, 0.1) is 6.61 Å². The molecule has 0 saturated carbocycles. The lowest BCUT2D eigenvalue weighted by Crippen LogP contribution is -2.34. The Morgan fingerprint density at radius 3 is 2.65 bits per heavy atom. The molecule has 1 aromatic carbocycles. The van der Waals surface area contributed by atoms with Crippen LogP contribution in [0, 0.1) is 0 Å². The molecule has 0 unspecified atom stereocenters. The van der Waals surface area contributed by atoms with E-state index >= 15 is 0 Å². The van der Waals surface area contributed by atoms with Gasteiger partial charge in [0.1, 0.15) is 5.78 Å². The lowest BCUT2D eigenvalue weighted by molar-refractivity contribution is -0.119. The molecule has 1 aliphatic rings. The van der Waals surface area contributed by atoms with Crippen molar-refractivity contribution in [2.45, 2.75) is 19.3 Å². The third-order valence-electron chi connectivity index (χ3n) is 3.23. The number of piperidine rings is 1. The van der Waals surface area contributed by atoms with Crippen molar-refractivity contribution in [2.24, 2.45) is 0 Å². The van der Waals surface area contributed by atoms with Crippen molar-refractivity contribution in [3.63, 3.8) is 0 Å². The molecule has 3 nitrogen and oxygen atoms in total. The average molecular weight is 233 g/mol. The molecule has 0 atom stereocenters. The first-order valence-corrected chi connectivity index (χ1v) is 6.15. The normalized spacial score (nSPS) is 16.3. The van der Waals surface area contributed by atoms with Gasteiger partial charge in [-0.05, 0) is 18.1 Å². The van der Waals surface area contributed by atoms with Crippen LogP contribution in [0.4, 0.5) is 5.69 Å². The van der Waals surface area contributed by atoms with E-state index in [1.165, 1.54) is 11.3 Å². The first-order valence-electron chi connectivity index (χ1n) is 6.15. The van der Waals surface area contributed by atoms with E-state index in [1.807, 2.05) is 0 Å². The Bertz CT molecular complexity index is 380. The predicted molar refractivity (Wildman–Crippen MR) is 68.5 cm³/mol. The maximum Gasteiger partial charge on any atom is 0.136 e. The molecule has 0 aromatic heterocycles. The molecule has 0 radical (unpaired) electrons. The summed E-state index contributed by atoms with van der Waals surface area (Å²) in [4.78, 5) is 13.6. The van der Waals surface area contributed by atoms with Crippen molar-refractivity contribution < 1.29 is 9.53 Å². The van der Waals surface area contributed by atoms with Gasteiger partial charge in [0.2, 0.25) is 0 Å². The number of rotatable bonds is 4. The molecule has 1 fully saturated rings. The summed E-state index contributed by atoms with van der Waals surface area (Å²) in [6, 6.07) is 8.40. The number of methoxy groups -OCH3 is 1. The second-order valence-corrected chi connectivity index (χ2v) is 4.40.